The molecule has 8 heteroatoms. The average molecular weight is 389 g/mol. The minimum absolute atomic E-state index is 0.114. The highest BCUT2D eigenvalue weighted by Gasteiger charge is 2.22. The van der Waals surface area contributed by atoms with Crippen LogP contribution < -0.4 is 10.6 Å². The molecule has 3 heterocycles. The zero-order valence-corrected chi connectivity index (χ0v) is 16.2. The number of imidazole rings is 1. The molecule has 4 rings (SSSR count). The van der Waals surface area contributed by atoms with Crippen LogP contribution in [0.3, 0.4) is 0 Å². The standard InChI is InChI=1S/C21H19N5O3/c1-12-7-8-13(2)15(10-12)22-21(28)19-24-18(16-6-4-5-9-26(16)19)20(27)23-17-11-14(3)29-25-17/h4-11H,1-3H3,(H,22,28)(H,23,25,27). The lowest BCUT2D eigenvalue weighted by atomic mass is 10.1. The van der Waals surface area contributed by atoms with Crippen molar-refractivity contribution in [1.82, 2.24) is 14.5 Å². The fraction of sp³-hybridized carbons (Fsp3) is 0.143. The van der Waals surface area contributed by atoms with Crippen molar-refractivity contribution in [1.29, 1.82) is 0 Å². The normalized spacial score (nSPS) is 10.9. The van der Waals surface area contributed by atoms with Crippen LogP contribution in [0.4, 0.5) is 11.5 Å². The van der Waals surface area contributed by atoms with Gasteiger partial charge in [-0.2, -0.15) is 0 Å². The maximum Gasteiger partial charge on any atom is 0.292 e. The van der Waals surface area contributed by atoms with Gasteiger partial charge in [0.05, 0.1) is 5.52 Å². The van der Waals surface area contributed by atoms with Crippen molar-refractivity contribution in [2.45, 2.75) is 20.8 Å². The Bertz CT molecular complexity index is 1240. The predicted octanol–water partition coefficient (Wildman–Crippen LogP) is 3.75. The van der Waals surface area contributed by atoms with E-state index >= 15 is 0 Å². The number of aryl methyl sites for hydroxylation is 3. The molecule has 0 aliphatic rings. The lowest BCUT2D eigenvalue weighted by molar-refractivity contribution is 0.101. The summed E-state index contributed by atoms with van der Waals surface area (Å²) in [6.07, 6.45) is 1.69. The van der Waals surface area contributed by atoms with E-state index in [0.29, 0.717) is 17.0 Å². The number of nitrogens with one attached hydrogen (secondary N) is 2. The molecule has 0 bridgehead atoms. The first-order valence-corrected chi connectivity index (χ1v) is 9.03. The lowest BCUT2D eigenvalue weighted by Gasteiger charge is -2.08. The molecule has 0 saturated heterocycles. The van der Waals surface area contributed by atoms with Gasteiger partial charge in [0.25, 0.3) is 11.8 Å². The van der Waals surface area contributed by atoms with Gasteiger partial charge in [-0.05, 0) is 50.1 Å². The molecule has 3 aromatic heterocycles. The number of hydrogen-bond acceptors (Lipinski definition) is 5. The molecule has 0 atom stereocenters. The van der Waals surface area contributed by atoms with E-state index < -0.39 is 11.8 Å². The van der Waals surface area contributed by atoms with Gasteiger partial charge in [0.2, 0.25) is 5.82 Å². The van der Waals surface area contributed by atoms with E-state index in [4.69, 9.17) is 4.52 Å². The molecule has 0 unspecified atom stereocenters. The van der Waals surface area contributed by atoms with Crippen LogP contribution in [0.25, 0.3) is 5.52 Å². The minimum Gasteiger partial charge on any atom is -0.360 e. The Morgan fingerprint density at radius 2 is 1.83 bits per heavy atom. The lowest BCUT2D eigenvalue weighted by Crippen LogP contribution is -2.17. The second-order valence-electron chi connectivity index (χ2n) is 6.79. The number of benzene rings is 1. The predicted molar refractivity (Wildman–Crippen MR) is 108 cm³/mol. The Morgan fingerprint density at radius 3 is 2.59 bits per heavy atom. The molecule has 8 nitrogen and oxygen atoms in total. The van der Waals surface area contributed by atoms with E-state index in [2.05, 4.69) is 20.8 Å². The molecular weight excluding hydrogens is 370 g/mol. The number of pyridine rings is 1. The van der Waals surface area contributed by atoms with Gasteiger partial charge in [0.15, 0.2) is 11.5 Å². The van der Waals surface area contributed by atoms with Gasteiger partial charge in [-0.1, -0.05) is 23.4 Å². The molecule has 2 N–H and O–H groups in total. The summed E-state index contributed by atoms with van der Waals surface area (Å²) in [6, 6.07) is 12.7. The summed E-state index contributed by atoms with van der Waals surface area (Å²) in [5, 5.41) is 9.28. The van der Waals surface area contributed by atoms with Gasteiger partial charge in [-0.15, -0.1) is 0 Å². The first-order chi connectivity index (χ1) is 13.9. The quantitative estimate of drug-likeness (QED) is 0.553. The monoisotopic (exact) mass is 389 g/mol. The van der Waals surface area contributed by atoms with Crippen molar-refractivity contribution in [3.63, 3.8) is 0 Å². The van der Waals surface area contributed by atoms with Crippen LogP contribution in [0, 0.1) is 20.8 Å². The second-order valence-corrected chi connectivity index (χ2v) is 6.79. The van der Waals surface area contributed by atoms with Crippen LogP contribution in [0.2, 0.25) is 0 Å². The SMILES string of the molecule is Cc1ccc(C)c(NC(=O)c2nc(C(=O)Nc3cc(C)on3)c3ccccn23)c1. The maximum absolute atomic E-state index is 12.9. The molecule has 146 valence electrons. The van der Waals surface area contributed by atoms with Gasteiger partial charge in [0, 0.05) is 18.0 Å². The Kier molecular flexibility index (Phi) is 4.59. The Hall–Kier alpha value is -3.94. The first kappa shape index (κ1) is 18.4. The summed E-state index contributed by atoms with van der Waals surface area (Å²) in [5.41, 5.74) is 3.30. The Labute approximate surface area is 166 Å². The Balaban J connectivity index is 1.69. The number of hydrogen-bond donors (Lipinski definition) is 2. The van der Waals surface area contributed by atoms with Crippen LogP contribution in [-0.2, 0) is 0 Å². The van der Waals surface area contributed by atoms with Gasteiger partial charge >= 0.3 is 0 Å². The molecule has 0 saturated carbocycles. The molecular formula is C21H19N5O3. The molecule has 0 radical (unpaired) electrons. The van der Waals surface area contributed by atoms with Crippen LogP contribution >= 0.6 is 0 Å². The molecule has 0 spiro atoms. The van der Waals surface area contributed by atoms with Crippen LogP contribution in [0.5, 0.6) is 0 Å². The molecule has 2 amide bonds. The molecule has 0 aliphatic heterocycles. The number of carbonyl (C=O) groups is 2. The molecule has 0 fully saturated rings. The number of anilines is 2. The summed E-state index contributed by atoms with van der Waals surface area (Å²) in [6.45, 7) is 5.59. The highest BCUT2D eigenvalue weighted by atomic mass is 16.5. The van der Waals surface area contributed by atoms with Gasteiger partial charge in [-0.25, -0.2) is 4.98 Å². The number of amides is 2. The first-order valence-electron chi connectivity index (χ1n) is 9.03. The van der Waals surface area contributed by atoms with E-state index in [1.807, 2.05) is 32.0 Å². The van der Waals surface area contributed by atoms with Crippen LogP contribution in [0.1, 0.15) is 38.0 Å². The summed E-state index contributed by atoms with van der Waals surface area (Å²) < 4.78 is 6.55. The third-order valence-corrected chi connectivity index (χ3v) is 4.48. The molecule has 29 heavy (non-hydrogen) atoms. The third kappa shape index (κ3) is 3.60. The summed E-state index contributed by atoms with van der Waals surface area (Å²) in [7, 11) is 0. The van der Waals surface area contributed by atoms with Gasteiger partial charge < -0.3 is 15.2 Å². The van der Waals surface area contributed by atoms with Crippen LogP contribution in [0.15, 0.2) is 53.2 Å². The maximum atomic E-state index is 12.9. The van der Waals surface area contributed by atoms with Crippen molar-refractivity contribution in [3.05, 3.63) is 77.1 Å². The second kappa shape index (κ2) is 7.23. The van der Waals surface area contributed by atoms with Gasteiger partial charge in [-0.3, -0.25) is 14.0 Å². The zero-order valence-electron chi connectivity index (χ0n) is 16.2. The zero-order chi connectivity index (χ0) is 20.5. The van der Waals surface area contributed by atoms with E-state index in [-0.39, 0.29) is 17.3 Å². The number of fused-ring (bicyclic) bond motifs is 1. The van der Waals surface area contributed by atoms with Crippen molar-refractivity contribution >= 4 is 28.8 Å². The number of nitrogens with zero attached hydrogens (tertiary/aromatic N) is 3. The van der Waals surface area contributed by atoms with Crippen molar-refractivity contribution in [2.75, 3.05) is 10.6 Å². The fourth-order valence-electron chi connectivity index (χ4n) is 3.01. The van der Waals surface area contributed by atoms with Gasteiger partial charge in [0.1, 0.15) is 5.76 Å². The van der Waals surface area contributed by atoms with E-state index in [1.165, 1.54) is 0 Å². The Morgan fingerprint density at radius 1 is 1.00 bits per heavy atom. The third-order valence-electron chi connectivity index (χ3n) is 4.48. The van der Waals surface area contributed by atoms with E-state index in [1.54, 1.807) is 41.8 Å². The molecule has 4 aromatic rings. The largest absolute Gasteiger partial charge is 0.360 e. The van der Waals surface area contributed by atoms with Crippen LogP contribution in [-0.4, -0.2) is 26.4 Å². The highest BCUT2D eigenvalue weighted by molar-refractivity contribution is 6.10. The summed E-state index contributed by atoms with van der Waals surface area (Å²) in [4.78, 5) is 30.0. The van der Waals surface area contributed by atoms with E-state index in [9.17, 15) is 9.59 Å². The van der Waals surface area contributed by atoms with Crippen molar-refractivity contribution in [3.8, 4) is 0 Å². The number of aromatic nitrogens is 3. The average Bonchev–Trinajstić information content (AvgIpc) is 3.28. The summed E-state index contributed by atoms with van der Waals surface area (Å²) >= 11 is 0. The molecule has 0 aliphatic carbocycles. The minimum atomic E-state index is -0.479. The van der Waals surface area contributed by atoms with Crippen molar-refractivity contribution < 1.29 is 14.1 Å². The number of rotatable bonds is 4. The smallest absolute Gasteiger partial charge is 0.292 e. The number of carbonyl (C=O) groups excluding carboxylic acids is 2. The van der Waals surface area contributed by atoms with E-state index in [0.717, 1.165) is 11.1 Å². The summed E-state index contributed by atoms with van der Waals surface area (Å²) in [5.74, 6) is 0.0848. The highest BCUT2D eigenvalue weighted by Crippen LogP contribution is 2.20. The van der Waals surface area contributed by atoms with Crippen molar-refractivity contribution in [2.24, 2.45) is 0 Å². The topological polar surface area (TPSA) is 102 Å². The fourth-order valence-corrected chi connectivity index (χ4v) is 3.01. The molecule has 1 aromatic carbocycles.